The Morgan fingerprint density at radius 3 is 2.16 bits per heavy atom. The van der Waals surface area contributed by atoms with Crippen LogP contribution in [0.1, 0.15) is 50.7 Å². The number of imide groups is 1. The molecule has 0 aliphatic carbocycles. The summed E-state index contributed by atoms with van der Waals surface area (Å²) >= 11 is 1.52. The lowest BCUT2D eigenvalue weighted by Crippen LogP contribution is -2.50. The highest BCUT2D eigenvalue weighted by Crippen LogP contribution is 2.27. The second-order valence-corrected chi connectivity index (χ2v) is 8.56. The number of aryl methyl sites for hydroxylation is 1. The molecule has 8 heteroatoms. The highest BCUT2D eigenvalue weighted by molar-refractivity contribution is 7.98. The van der Waals surface area contributed by atoms with E-state index in [0.29, 0.717) is 23.3 Å². The summed E-state index contributed by atoms with van der Waals surface area (Å²) in [6.07, 6.45) is 2.13. The Balaban J connectivity index is 1.88. The minimum Gasteiger partial charge on any atom is -0.469 e. The fourth-order valence-corrected chi connectivity index (χ4v) is 4.13. The van der Waals surface area contributed by atoms with Crippen LogP contribution in [-0.2, 0) is 14.3 Å². The van der Waals surface area contributed by atoms with Crippen molar-refractivity contribution < 1.29 is 23.9 Å². The maximum Gasteiger partial charge on any atom is 0.307 e. The highest BCUT2D eigenvalue weighted by Gasteiger charge is 2.42. The van der Waals surface area contributed by atoms with Gasteiger partial charge in [-0.3, -0.25) is 24.1 Å². The molecule has 0 saturated heterocycles. The number of hydrogen-bond donors (Lipinski definition) is 1. The van der Waals surface area contributed by atoms with Crippen molar-refractivity contribution in [3.63, 3.8) is 0 Å². The number of fused-ring (bicyclic) bond motifs is 1. The minimum atomic E-state index is -0.986. The molecular formula is C24H26N2O5S. The van der Waals surface area contributed by atoms with Crippen LogP contribution in [-0.4, -0.2) is 53.8 Å². The van der Waals surface area contributed by atoms with Crippen LogP contribution in [0.25, 0.3) is 0 Å². The predicted molar refractivity (Wildman–Crippen MR) is 122 cm³/mol. The molecule has 1 N–H and O–H groups in total. The molecule has 0 saturated carbocycles. The number of nitrogens with one attached hydrogen (secondary N) is 1. The number of methoxy groups -OCH3 is 1. The number of esters is 1. The van der Waals surface area contributed by atoms with Crippen LogP contribution in [0, 0.1) is 6.92 Å². The number of carbonyl (C=O) groups excluding carboxylic acids is 4. The molecule has 0 bridgehead atoms. The highest BCUT2D eigenvalue weighted by atomic mass is 32.2. The van der Waals surface area contributed by atoms with Crippen molar-refractivity contribution in [1.29, 1.82) is 0 Å². The average molecular weight is 455 g/mol. The van der Waals surface area contributed by atoms with Crippen molar-refractivity contribution in [3.05, 3.63) is 70.8 Å². The summed E-state index contributed by atoms with van der Waals surface area (Å²) < 4.78 is 4.80. The number of hydrogen-bond acceptors (Lipinski definition) is 6. The lowest BCUT2D eigenvalue weighted by Gasteiger charge is -2.28. The third kappa shape index (κ3) is 5.02. The van der Waals surface area contributed by atoms with Crippen LogP contribution < -0.4 is 5.32 Å². The molecule has 3 rings (SSSR count). The van der Waals surface area contributed by atoms with E-state index in [4.69, 9.17) is 4.74 Å². The summed E-state index contributed by atoms with van der Waals surface area (Å²) in [6.45, 7) is 1.94. The van der Waals surface area contributed by atoms with E-state index in [1.807, 2.05) is 37.4 Å². The molecule has 0 spiro atoms. The molecule has 0 unspecified atom stereocenters. The molecular weight excluding hydrogens is 428 g/mol. The van der Waals surface area contributed by atoms with Gasteiger partial charge in [-0.2, -0.15) is 11.8 Å². The molecule has 0 radical (unpaired) electrons. The van der Waals surface area contributed by atoms with Crippen molar-refractivity contribution in [2.75, 3.05) is 19.1 Å². The van der Waals surface area contributed by atoms with Gasteiger partial charge in [0.1, 0.15) is 6.04 Å². The molecule has 1 aliphatic rings. The van der Waals surface area contributed by atoms with E-state index in [9.17, 15) is 19.2 Å². The maximum atomic E-state index is 13.4. The first-order chi connectivity index (χ1) is 15.4. The number of carbonyl (C=O) groups is 4. The Labute approximate surface area is 191 Å². The monoisotopic (exact) mass is 454 g/mol. The molecule has 3 amide bonds. The Kier molecular flexibility index (Phi) is 7.69. The quantitative estimate of drug-likeness (QED) is 0.462. The third-order valence-corrected chi connectivity index (χ3v) is 6.07. The van der Waals surface area contributed by atoms with E-state index in [1.165, 1.54) is 18.9 Å². The van der Waals surface area contributed by atoms with E-state index >= 15 is 0 Å². The molecule has 2 aromatic carbocycles. The van der Waals surface area contributed by atoms with Crippen LogP contribution >= 0.6 is 11.8 Å². The van der Waals surface area contributed by atoms with Crippen molar-refractivity contribution in [2.45, 2.75) is 31.8 Å². The molecule has 32 heavy (non-hydrogen) atoms. The summed E-state index contributed by atoms with van der Waals surface area (Å²) in [5.41, 5.74) is 2.37. The topological polar surface area (TPSA) is 92.8 Å². The van der Waals surface area contributed by atoms with Crippen molar-refractivity contribution >= 4 is 35.5 Å². The largest absolute Gasteiger partial charge is 0.469 e. The lowest BCUT2D eigenvalue weighted by molar-refractivity contribution is -0.141. The van der Waals surface area contributed by atoms with Gasteiger partial charge in [0.05, 0.1) is 30.7 Å². The van der Waals surface area contributed by atoms with Gasteiger partial charge in [-0.25, -0.2) is 0 Å². The second kappa shape index (κ2) is 10.5. The summed E-state index contributed by atoms with van der Waals surface area (Å²) in [7, 11) is 1.29. The van der Waals surface area contributed by atoms with Crippen LogP contribution in [0.15, 0.2) is 48.5 Å². The molecule has 0 aromatic heterocycles. The van der Waals surface area contributed by atoms with Gasteiger partial charge in [-0.1, -0.05) is 42.0 Å². The number of amides is 3. The van der Waals surface area contributed by atoms with E-state index in [0.717, 1.165) is 16.0 Å². The zero-order valence-corrected chi connectivity index (χ0v) is 19.1. The zero-order valence-electron chi connectivity index (χ0n) is 18.3. The van der Waals surface area contributed by atoms with Crippen LogP contribution in [0.3, 0.4) is 0 Å². The number of thioether (sulfide) groups is 1. The number of ether oxygens (including phenoxy) is 1. The molecule has 1 aliphatic heterocycles. The standard InChI is InChI=1S/C24H26N2O5S/c1-15-8-10-16(11-9-15)19(14-21(27)31-2)25-22(28)20(12-13-32-3)26-23(29)17-6-4-5-7-18(17)24(26)30/h4-11,19-20H,12-14H2,1-3H3,(H,25,28)/t19-,20+/m1/s1. The first-order valence-electron chi connectivity index (χ1n) is 10.3. The van der Waals surface area contributed by atoms with Crippen molar-refractivity contribution in [3.8, 4) is 0 Å². The first-order valence-corrected chi connectivity index (χ1v) is 11.7. The van der Waals surface area contributed by atoms with Gasteiger partial charge in [0.2, 0.25) is 5.91 Å². The van der Waals surface area contributed by atoms with Crippen LogP contribution in [0.4, 0.5) is 0 Å². The van der Waals surface area contributed by atoms with E-state index in [-0.39, 0.29) is 6.42 Å². The molecule has 1 heterocycles. The van der Waals surface area contributed by atoms with Crippen molar-refractivity contribution in [2.24, 2.45) is 0 Å². The van der Waals surface area contributed by atoms with E-state index < -0.39 is 35.8 Å². The Bertz CT molecular complexity index is 986. The van der Waals surface area contributed by atoms with Gasteiger partial charge in [0.25, 0.3) is 11.8 Å². The molecule has 0 fully saturated rings. The number of nitrogens with zero attached hydrogens (tertiary/aromatic N) is 1. The van der Waals surface area contributed by atoms with Gasteiger partial charge in [0.15, 0.2) is 0 Å². The zero-order chi connectivity index (χ0) is 23.3. The Hall–Kier alpha value is -3.13. The number of benzene rings is 2. The summed E-state index contributed by atoms with van der Waals surface area (Å²) in [6, 6.07) is 12.4. The van der Waals surface area contributed by atoms with Gasteiger partial charge < -0.3 is 10.1 Å². The van der Waals surface area contributed by atoms with Crippen LogP contribution in [0.2, 0.25) is 0 Å². The first kappa shape index (κ1) is 23.5. The van der Waals surface area contributed by atoms with Gasteiger partial charge >= 0.3 is 5.97 Å². The SMILES string of the molecule is COC(=O)C[C@@H](NC(=O)[C@H](CCSC)N1C(=O)c2ccccc2C1=O)c1ccc(C)cc1. The normalized spacial score (nSPS) is 14.7. The molecule has 2 atom stereocenters. The van der Waals surface area contributed by atoms with Crippen molar-refractivity contribution in [1.82, 2.24) is 10.2 Å². The Morgan fingerprint density at radius 1 is 1.03 bits per heavy atom. The van der Waals surface area contributed by atoms with Gasteiger partial charge in [-0.15, -0.1) is 0 Å². The van der Waals surface area contributed by atoms with E-state index in [2.05, 4.69) is 5.32 Å². The summed E-state index contributed by atoms with van der Waals surface area (Å²) in [5, 5.41) is 2.88. The maximum absolute atomic E-state index is 13.4. The summed E-state index contributed by atoms with van der Waals surface area (Å²) in [4.78, 5) is 52.4. The predicted octanol–water partition coefficient (Wildman–Crippen LogP) is 3.13. The minimum absolute atomic E-state index is 0.0668. The molecule has 7 nitrogen and oxygen atoms in total. The second-order valence-electron chi connectivity index (χ2n) is 7.58. The smallest absolute Gasteiger partial charge is 0.307 e. The van der Waals surface area contributed by atoms with Crippen LogP contribution in [0.5, 0.6) is 0 Å². The fourth-order valence-electron chi connectivity index (χ4n) is 3.67. The Morgan fingerprint density at radius 2 is 1.62 bits per heavy atom. The van der Waals surface area contributed by atoms with Gasteiger partial charge in [-0.05, 0) is 43.0 Å². The number of rotatable bonds is 9. The van der Waals surface area contributed by atoms with Gasteiger partial charge in [0, 0.05) is 0 Å². The summed E-state index contributed by atoms with van der Waals surface area (Å²) in [5.74, 6) is -1.34. The average Bonchev–Trinajstić information content (AvgIpc) is 3.04. The fraction of sp³-hybridized carbons (Fsp3) is 0.333. The molecule has 168 valence electrons. The molecule has 2 aromatic rings. The third-order valence-electron chi connectivity index (χ3n) is 5.43. The lowest BCUT2D eigenvalue weighted by atomic mass is 10.0. The van der Waals surface area contributed by atoms with E-state index in [1.54, 1.807) is 24.3 Å².